The summed E-state index contributed by atoms with van der Waals surface area (Å²) in [6, 6.07) is 0. The molecular weight excluding hydrogens is 256 g/mol. The van der Waals surface area contributed by atoms with E-state index in [1.165, 1.54) is 0 Å². The molecule has 0 spiro atoms. The van der Waals surface area contributed by atoms with Gasteiger partial charge < -0.3 is 9.53 Å². The first-order valence-corrected chi connectivity index (χ1v) is 9.77. The predicted molar refractivity (Wildman–Crippen MR) is 82.7 cm³/mol. The molecule has 0 fully saturated rings. The smallest absolute Gasteiger partial charge is 0.193 e. The van der Waals surface area contributed by atoms with Gasteiger partial charge >= 0.3 is 0 Å². The van der Waals surface area contributed by atoms with Gasteiger partial charge in [-0.05, 0) is 32.0 Å². The fourth-order valence-electron chi connectivity index (χ4n) is 1.63. The highest BCUT2D eigenvalue weighted by atomic mass is 28.4. The number of hydrogen-bond donors (Lipinski definition) is 1. The molecule has 0 aliphatic rings. The molecule has 0 aromatic heterocycles. The molecular formula is C15H30O3Si. The van der Waals surface area contributed by atoms with Gasteiger partial charge in [0.1, 0.15) is 6.10 Å². The highest BCUT2D eigenvalue weighted by molar-refractivity contribution is 6.74. The third-order valence-corrected chi connectivity index (χ3v) is 8.66. The Bertz CT molecular complexity index is 342. The fourth-order valence-corrected chi connectivity index (χ4v) is 2.98. The van der Waals surface area contributed by atoms with E-state index >= 15 is 0 Å². The Morgan fingerprint density at radius 1 is 1.26 bits per heavy atom. The third kappa shape index (κ3) is 4.86. The van der Waals surface area contributed by atoms with E-state index < -0.39 is 26.4 Å². The summed E-state index contributed by atoms with van der Waals surface area (Å²) < 4.78 is 6.06. The normalized spacial score (nSPS) is 17.7. The summed E-state index contributed by atoms with van der Waals surface area (Å²) in [5.41, 5.74) is 0.611. The maximum absolute atomic E-state index is 12.3. The van der Waals surface area contributed by atoms with Gasteiger partial charge in [-0.25, -0.2) is 0 Å². The highest BCUT2D eigenvalue weighted by Crippen LogP contribution is 2.37. The lowest BCUT2D eigenvalue weighted by atomic mass is 9.93. The largest absolute Gasteiger partial charge is 0.407 e. The third-order valence-electron chi connectivity index (χ3n) is 4.11. The minimum atomic E-state index is -1.96. The number of carbonyl (C=O) groups is 1. The summed E-state index contributed by atoms with van der Waals surface area (Å²) in [5, 5.41) is 9.98. The first kappa shape index (κ1) is 18.5. The van der Waals surface area contributed by atoms with Crippen molar-refractivity contribution in [1.29, 1.82) is 0 Å². The summed E-state index contributed by atoms with van der Waals surface area (Å²) in [7, 11) is -1.96. The zero-order chi connectivity index (χ0) is 15.6. The van der Waals surface area contributed by atoms with Crippen LogP contribution in [0.1, 0.15) is 41.5 Å². The Hall–Kier alpha value is -0.453. The van der Waals surface area contributed by atoms with Gasteiger partial charge in [0.25, 0.3) is 0 Å². The van der Waals surface area contributed by atoms with Crippen LogP contribution in [0.2, 0.25) is 18.1 Å². The van der Waals surface area contributed by atoms with Gasteiger partial charge in [0.2, 0.25) is 0 Å². The minimum absolute atomic E-state index is 0.0553. The van der Waals surface area contributed by atoms with Crippen LogP contribution in [0.25, 0.3) is 0 Å². The summed E-state index contributed by atoms with van der Waals surface area (Å²) >= 11 is 0. The summed E-state index contributed by atoms with van der Waals surface area (Å²) in [6.45, 7) is 19.6. The molecule has 0 amide bonds. The molecule has 0 unspecified atom stereocenters. The molecule has 0 bridgehead atoms. The first-order chi connectivity index (χ1) is 8.31. The van der Waals surface area contributed by atoms with Crippen LogP contribution in [0.15, 0.2) is 12.2 Å². The SMILES string of the molecule is C=C(C)[C@H](O)[C@@H](C)C(=O)[C@H](C)O[Si](C)(C)C(C)(C)C. The maximum atomic E-state index is 12.3. The molecule has 0 saturated heterocycles. The van der Waals surface area contributed by atoms with E-state index in [2.05, 4.69) is 40.4 Å². The van der Waals surface area contributed by atoms with Crippen LogP contribution in [-0.4, -0.2) is 31.4 Å². The Morgan fingerprint density at radius 3 is 2.00 bits per heavy atom. The van der Waals surface area contributed by atoms with Gasteiger partial charge in [-0.3, -0.25) is 4.79 Å². The van der Waals surface area contributed by atoms with E-state index in [-0.39, 0.29) is 10.8 Å². The Labute approximate surface area is 119 Å². The molecule has 3 atom stereocenters. The van der Waals surface area contributed by atoms with Gasteiger partial charge in [-0.15, -0.1) is 0 Å². The second kappa shape index (κ2) is 6.33. The predicted octanol–water partition coefficient (Wildman–Crippen LogP) is 3.54. The Balaban J connectivity index is 4.81. The molecule has 3 nitrogen and oxygen atoms in total. The van der Waals surface area contributed by atoms with Crippen molar-refractivity contribution >= 4 is 14.1 Å². The number of rotatable bonds is 6. The van der Waals surface area contributed by atoms with Crippen molar-refractivity contribution in [2.45, 2.75) is 71.9 Å². The van der Waals surface area contributed by atoms with Crippen molar-refractivity contribution in [1.82, 2.24) is 0 Å². The first-order valence-electron chi connectivity index (χ1n) is 6.86. The van der Waals surface area contributed by atoms with Crippen molar-refractivity contribution in [3.05, 3.63) is 12.2 Å². The standard InChI is InChI=1S/C15H30O3Si/c1-10(2)13(16)11(3)14(17)12(4)18-19(8,9)15(5,6)7/h11-13,16H,1H2,2-9H3/t11-,12+,13+/m1/s1. The number of hydrogen-bond acceptors (Lipinski definition) is 3. The zero-order valence-electron chi connectivity index (χ0n) is 13.7. The van der Waals surface area contributed by atoms with Crippen LogP contribution < -0.4 is 0 Å². The lowest BCUT2D eigenvalue weighted by Gasteiger charge is -2.38. The van der Waals surface area contributed by atoms with E-state index in [9.17, 15) is 9.90 Å². The summed E-state index contributed by atoms with van der Waals surface area (Å²) in [4.78, 5) is 12.3. The topological polar surface area (TPSA) is 46.5 Å². The van der Waals surface area contributed by atoms with Crippen LogP contribution >= 0.6 is 0 Å². The number of carbonyl (C=O) groups excluding carboxylic acids is 1. The average Bonchev–Trinajstić information content (AvgIpc) is 2.23. The van der Waals surface area contributed by atoms with Crippen LogP contribution in [0.3, 0.4) is 0 Å². The molecule has 0 aromatic carbocycles. The maximum Gasteiger partial charge on any atom is 0.193 e. The number of ketones is 1. The van der Waals surface area contributed by atoms with E-state index in [1.807, 2.05) is 0 Å². The molecule has 0 aromatic rings. The molecule has 0 rings (SSSR count). The number of aliphatic hydroxyl groups is 1. The Morgan fingerprint density at radius 2 is 1.68 bits per heavy atom. The van der Waals surface area contributed by atoms with Crippen molar-refractivity contribution in [3.63, 3.8) is 0 Å². The van der Waals surface area contributed by atoms with E-state index in [0.29, 0.717) is 5.57 Å². The quantitative estimate of drug-likeness (QED) is 0.600. The summed E-state index contributed by atoms with van der Waals surface area (Å²) in [6.07, 6.45) is -1.28. The van der Waals surface area contributed by atoms with Crippen molar-refractivity contribution in [2.75, 3.05) is 0 Å². The fraction of sp³-hybridized carbons (Fsp3) is 0.800. The van der Waals surface area contributed by atoms with Crippen LogP contribution in [0.4, 0.5) is 0 Å². The molecule has 4 heteroatoms. The van der Waals surface area contributed by atoms with Crippen LogP contribution in [-0.2, 0) is 9.22 Å². The zero-order valence-corrected chi connectivity index (χ0v) is 14.7. The van der Waals surface area contributed by atoms with Gasteiger partial charge in [-0.2, -0.15) is 0 Å². The number of aliphatic hydroxyl groups excluding tert-OH is 1. The van der Waals surface area contributed by atoms with Gasteiger partial charge in [-0.1, -0.05) is 39.8 Å². The molecule has 19 heavy (non-hydrogen) atoms. The van der Waals surface area contributed by atoms with Crippen molar-refractivity contribution in [3.8, 4) is 0 Å². The van der Waals surface area contributed by atoms with Crippen LogP contribution in [0.5, 0.6) is 0 Å². The van der Waals surface area contributed by atoms with Crippen LogP contribution in [0, 0.1) is 5.92 Å². The monoisotopic (exact) mass is 286 g/mol. The molecule has 0 aliphatic carbocycles. The minimum Gasteiger partial charge on any atom is -0.407 e. The molecule has 0 radical (unpaired) electrons. The van der Waals surface area contributed by atoms with E-state index in [4.69, 9.17) is 4.43 Å². The average molecular weight is 286 g/mol. The van der Waals surface area contributed by atoms with E-state index in [0.717, 1.165) is 0 Å². The summed E-state index contributed by atoms with van der Waals surface area (Å²) in [5.74, 6) is -0.530. The number of Topliss-reactive ketones (excluding diaryl/α,β-unsaturated/α-hetero) is 1. The lowest BCUT2D eigenvalue weighted by Crippen LogP contribution is -2.47. The molecule has 112 valence electrons. The Kier molecular flexibility index (Phi) is 6.18. The van der Waals surface area contributed by atoms with Gasteiger partial charge in [0.15, 0.2) is 14.1 Å². The molecule has 0 aliphatic heterocycles. The van der Waals surface area contributed by atoms with Crippen molar-refractivity contribution < 1.29 is 14.3 Å². The molecule has 0 heterocycles. The molecule has 1 N–H and O–H groups in total. The molecule has 0 saturated carbocycles. The van der Waals surface area contributed by atoms with E-state index in [1.54, 1.807) is 20.8 Å². The highest BCUT2D eigenvalue weighted by Gasteiger charge is 2.40. The lowest BCUT2D eigenvalue weighted by molar-refractivity contribution is -0.131. The second-order valence-corrected chi connectivity index (χ2v) is 11.8. The van der Waals surface area contributed by atoms with Gasteiger partial charge in [0, 0.05) is 5.92 Å². The van der Waals surface area contributed by atoms with Gasteiger partial charge in [0.05, 0.1) is 6.10 Å². The second-order valence-electron chi connectivity index (χ2n) is 7.00. The van der Waals surface area contributed by atoms with Crippen molar-refractivity contribution in [2.24, 2.45) is 5.92 Å².